The molecule has 1 aliphatic rings. The molecular formula is C15H21ClN2O2. The third-order valence-electron chi connectivity index (χ3n) is 4.06. The van der Waals surface area contributed by atoms with Gasteiger partial charge in [0.15, 0.2) is 0 Å². The number of rotatable bonds is 4. The Balaban J connectivity index is 2.01. The lowest BCUT2D eigenvalue weighted by molar-refractivity contribution is -0.0917. The van der Waals surface area contributed by atoms with Gasteiger partial charge in [-0.15, -0.1) is 0 Å². The molecule has 4 nitrogen and oxygen atoms in total. The molecule has 110 valence electrons. The largest absolute Gasteiger partial charge is 0.375 e. The molecule has 0 bridgehead atoms. The molecular weight excluding hydrogens is 276 g/mol. The number of pyridine rings is 1. The maximum atomic E-state index is 12.2. The molecule has 1 aliphatic heterocycles. The van der Waals surface area contributed by atoms with Gasteiger partial charge < -0.3 is 10.1 Å². The van der Waals surface area contributed by atoms with Crippen molar-refractivity contribution in [1.29, 1.82) is 0 Å². The number of ether oxygens (including phenoxy) is 1. The zero-order valence-corrected chi connectivity index (χ0v) is 12.7. The smallest absolute Gasteiger partial charge is 0.270 e. The van der Waals surface area contributed by atoms with Crippen LogP contribution >= 0.6 is 11.6 Å². The summed E-state index contributed by atoms with van der Waals surface area (Å²) in [6.45, 7) is 4.95. The zero-order chi connectivity index (χ0) is 14.6. The van der Waals surface area contributed by atoms with Crippen molar-refractivity contribution < 1.29 is 9.53 Å². The number of amides is 1. The fourth-order valence-electron chi connectivity index (χ4n) is 2.69. The van der Waals surface area contributed by atoms with E-state index in [9.17, 15) is 4.79 Å². The molecule has 1 atom stereocenters. The van der Waals surface area contributed by atoms with Gasteiger partial charge in [0.2, 0.25) is 0 Å². The topological polar surface area (TPSA) is 51.2 Å². The molecule has 1 N–H and O–H groups in total. The van der Waals surface area contributed by atoms with Gasteiger partial charge >= 0.3 is 0 Å². The van der Waals surface area contributed by atoms with Gasteiger partial charge in [-0.05, 0) is 37.8 Å². The number of aromatic nitrogens is 1. The molecule has 2 heterocycles. The summed E-state index contributed by atoms with van der Waals surface area (Å²) in [4.78, 5) is 16.2. The van der Waals surface area contributed by atoms with Crippen molar-refractivity contribution in [2.24, 2.45) is 0 Å². The van der Waals surface area contributed by atoms with Crippen LogP contribution in [0.15, 0.2) is 18.2 Å². The van der Waals surface area contributed by atoms with Crippen molar-refractivity contribution in [1.82, 2.24) is 10.3 Å². The van der Waals surface area contributed by atoms with Crippen LogP contribution in [0.1, 0.15) is 50.0 Å². The second kappa shape index (κ2) is 6.55. The molecule has 20 heavy (non-hydrogen) atoms. The lowest BCUT2D eigenvalue weighted by atomic mass is 9.86. The molecule has 0 aromatic carbocycles. The summed E-state index contributed by atoms with van der Waals surface area (Å²) in [5, 5.41) is 3.38. The van der Waals surface area contributed by atoms with Crippen LogP contribution in [-0.2, 0) is 4.74 Å². The van der Waals surface area contributed by atoms with Gasteiger partial charge in [-0.2, -0.15) is 0 Å². The SMILES string of the molecule is CCC1(CC)CC(NC(=O)c2cccc(Cl)n2)CCO1. The molecule has 1 fully saturated rings. The van der Waals surface area contributed by atoms with Crippen LogP contribution in [0.4, 0.5) is 0 Å². The molecule has 1 unspecified atom stereocenters. The molecule has 0 saturated carbocycles. The Labute approximate surface area is 124 Å². The summed E-state index contributed by atoms with van der Waals surface area (Å²) in [5.41, 5.74) is 0.264. The van der Waals surface area contributed by atoms with E-state index >= 15 is 0 Å². The second-order valence-electron chi connectivity index (χ2n) is 5.25. The molecule has 5 heteroatoms. The van der Waals surface area contributed by atoms with Crippen LogP contribution in [0, 0.1) is 0 Å². The molecule has 0 aliphatic carbocycles. The van der Waals surface area contributed by atoms with Gasteiger partial charge in [-0.25, -0.2) is 4.98 Å². The monoisotopic (exact) mass is 296 g/mol. The average Bonchev–Trinajstić information content (AvgIpc) is 2.47. The number of hydrogen-bond donors (Lipinski definition) is 1. The number of nitrogens with zero attached hydrogens (tertiary/aromatic N) is 1. The van der Waals surface area contributed by atoms with E-state index in [4.69, 9.17) is 16.3 Å². The molecule has 2 rings (SSSR count). The summed E-state index contributed by atoms with van der Waals surface area (Å²) >= 11 is 5.81. The van der Waals surface area contributed by atoms with Crippen molar-refractivity contribution in [3.05, 3.63) is 29.0 Å². The predicted molar refractivity (Wildman–Crippen MR) is 79.0 cm³/mol. The summed E-state index contributed by atoms with van der Waals surface area (Å²) in [6.07, 6.45) is 3.62. The van der Waals surface area contributed by atoms with Gasteiger partial charge in [-0.1, -0.05) is 31.5 Å². The normalized spacial score (nSPS) is 21.4. The molecule has 1 amide bonds. The Kier molecular flexibility index (Phi) is 5.00. The van der Waals surface area contributed by atoms with Crippen LogP contribution in [0.25, 0.3) is 0 Å². The van der Waals surface area contributed by atoms with Crippen molar-refractivity contribution in [2.75, 3.05) is 6.61 Å². The minimum absolute atomic E-state index is 0.0992. The minimum atomic E-state index is -0.166. The van der Waals surface area contributed by atoms with E-state index in [0.29, 0.717) is 17.5 Å². The maximum absolute atomic E-state index is 12.2. The summed E-state index contributed by atoms with van der Waals surface area (Å²) < 4.78 is 5.91. The second-order valence-corrected chi connectivity index (χ2v) is 5.63. The van der Waals surface area contributed by atoms with E-state index in [1.54, 1.807) is 18.2 Å². The Morgan fingerprint density at radius 3 is 2.90 bits per heavy atom. The maximum Gasteiger partial charge on any atom is 0.270 e. The minimum Gasteiger partial charge on any atom is -0.375 e. The first-order chi connectivity index (χ1) is 9.58. The predicted octanol–water partition coefficient (Wildman–Crippen LogP) is 3.20. The number of hydrogen-bond acceptors (Lipinski definition) is 3. The van der Waals surface area contributed by atoms with Gasteiger partial charge in [0, 0.05) is 12.6 Å². The molecule has 0 radical (unpaired) electrons. The first kappa shape index (κ1) is 15.3. The summed E-state index contributed by atoms with van der Waals surface area (Å²) in [5.74, 6) is -0.166. The van der Waals surface area contributed by atoms with Crippen molar-refractivity contribution in [3.63, 3.8) is 0 Å². The van der Waals surface area contributed by atoms with Crippen LogP contribution in [0.5, 0.6) is 0 Å². The Bertz CT molecular complexity index is 475. The average molecular weight is 297 g/mol. The van der Waals surface area contributed by atoms with E-state index in [1.165, 1.54) is 0 Å². The Morgan fingerprint density at radius 1 is 1.50 bits per heavy atom. The fourth-order valence-corrected chi connectivity index (χ4v) is 2.85. The summed E-state index contributed by atoms with van der Waals surface area (Å²) in [6, 6.07) is 5.20. The van der Waals surface area contributed by atoms with Crippen molar-refractivity contribution in [3.8, 4) is 0 Å². The first-order valence-corrected chi connectivity index (χ1v) is 7.54. The van der Waals surface area contributed by atoms with E-state index in [2.05, 4.69) is 24.1 Å². The van der Waals surface area contributed by atoms with Crippen molar-refractivity contribution >= 4 is 17.5 Å². The number of nitrogens with one attached hydrogen (secondary N) is 1. The van der Waals surface area contributed by atoms with Gasteiger partial charge in [0.05, 0.1) is 5.60 Å². The number of carbonyl (C=O) groups is 1. The lowest BCUT2D eigenvalue weighted by Gasteiger charge is -2.40. The highest BCUT2D eigenvalue weighted by molar-refractivity contribution is 6.29. The highest BCUT2D eigenvalue weighted by atomic mass is 35.5. The third-order valence-corrected chi connectivity index (χ3v) is 4.28. The van der Waals surface area contributed by atoms with Crippen LogP contribution in [0.3, 0.4) is 0 Å². The van der Waals surface area contributed by atoms with E-state index in [-0.39, 0.29) is 17.6 Å². The Hall–Kier alpha value is -1.13. The zero-order valence-electron chi connectivity index (χ0n) is 12.0. The van der Waals surface area contributed by atoms with Crippen LogP contribution in [0.2, 0.25) is 5.15 Å². The molecule has 1 aromatic heterocycles. The first-order valence-electron chi connectivity index (χ1n) is 7.16. The molecule has 0 spiro atoms. The quantitative estimate of drug-likeness (QED) is 0.868. The van der Waals surface area contributed by atoms with Gasteiger partial charge in [-0.3, -0.25) is 4.79 Å². The van der Waals surface area contributed by atoms with Crippen LogP contribution < -0.4 is 5.32 Å². The number of carbonyl (C=O) groups excluding carboxylic acids is 1. The van der Waals surface area contributed by atoms with Gasteiger partial charge in [0.25, 0.3) is 5.91 Å². The molecule has 1 saturated heterocycles. The number of halogens is 1. The summed E-state index contributed by atoms with van der Waals surface area (Å²) in [7, 11) is 0. The van der Waals surface area contributed by atoms with Gasteiger partial charge in [0.1, 0.15) is 10.8 Å². The highest BCUT2D eigenvalue weighted by Crippen LogP contribution is 2.31. The third kappa shape index (κ3) is 3.49. The Morgan fingerprint density at radius 2 is 2.25 bits per heavy atom. The van der Waals surface area contributed by atoms with E-state index < -0.39 is 0 Å². The highest BCUT2D eigenvalue weighted by Gasteiger charge is 2.35. The van der Waals surface area contributed by atoms with E-state index in [0.717, 1.165) is 25.7 Å². The van der Waals surface area contributed by atoms with Crippen LogP contribution in [-0.4, -0.2) is 29.1 Å². The molecule has 1 aromatic rings. The standard InChI is InChI=1S/C15H21ClN2O2/c1-3-15(4-2)10-11(8-9-20-15)17-14(19)12-6-5-7-13(16)18-12/h5-7,11H,3-4,8-10H2,1-2H3,(H,17,19). The fraction of sp³-hybridized carbons (Fsp3) is 0.600. The lowest BCUT2D eigenvalue weighted by Crippen LogP contribution is -2.48. The van der Waals surface area contributed by atoms with Crippen molar-refractivity contribution in [2.45, 2.75) is 51.2 Å². The van der Waals surface area contributed by atoms with E-state index in [1.807, 2.05) is 0 Å².